The molecule has 2 N–H and O–H groups in total. The number of halogens is 4. The van der Waals surface area contributed by atoms with Gasteiger partial charge in [0.2, 0.25) is 0 Å². The van der Waals surface area contributed by atoms with E-state index in [4.69, 9.17) is 9.98 Å². The summed E-state index contributed by atoms with van der Waals surface area (Å²) in [6.45, 7) is 10.6. The molecule has 0 saturated heterocycles. The van der Waals surface area contributed by atoms with E-state index in [9.17, 15) is 10.2 Å². The van der Waals surface area contributed by atoms with E-state index in [1.165, 1.54) is 24.0 Å². The minimum absolute atomic E-state index is 0.0184. The lowest BCUT2D eigenvalue weighted by Gasteiger charge is -2.31. The molecule has 0 aromatic heterocycles. The molecule has 0 spiro atoms. The summed E-state index contributed by atoms with van der Waals surface area (Å²) in [7, 11) is 0. The number of alkyl halides is 4. The summed E-state index contributed by atoms with van der Waals surface area (Å²) in [6, 6.07) is 8.68. The number of rotatable bonds is 19. The van der Waals surface area contributed by atoms with Crippen molar-refractivity contribution >= 4 is 109 Å². The molecular weight excluding hydrogens is 1050 g/mol. The van der Waals surface area contributed by atoms with Crippen LogP contribution in [0.4, 0.5) is 0 Å². The fourth-order valence-corrected chi connectivity index (χ4v) is 8.57. The Morgan fingerprint density at radius 2 is 1.10 bits per heavy atom. The molecule has 0 aliphatic heterocycles. The standard InChI is InChI=1S/C40H54I4N2O2/c1-5-12-30-24-34(40(4,17-10-21-43)18-11-22-44)26-32(38(30)48)28-46-36-14-7-6-13-35(36)45-27-31-25-33(23-29(2)37(31)47)39(3,15-8-19-41)16-9-20-42/h12,23-28,35-36,47-48H,1,6-11,13-22H2,2-4H3/t35-,36-/m0/s1. The zero-order valence-corrected chi connectivity index (χ0v) is 37.6. The predicted octanol–water partition coefficient (Wildman–Crippen LogP) is 12.4. The van der Waals surface area contributed by atoms with Gasteiger partial charge in [0.15, 0.2) is 0 Å². The van der Waals surface area contributed by atoms with Crippen LogP contribution in [0.2, 0.25) is 0 Å². The van der Waals surface area contributed by atoms with E-state index < -0.39 is 0 Å². The second kappa shape index (κ2) is 21.4. The molecular formula is C40H54I4N2O2. The van der Waals surface area contributed by atoms with Crippen molar-refractivity contribution in [3.63, 3.8) is 0 Å². The zero-order valence-electron chi connectivity index (χ0n) is 29.0. The van der Waals surface area contributed by atoms with E-state index in [-0.39, 0.29) is 28.7 Å². The summed E-state index contributed by atoms with van der Waals surface area (Å²) in [4.78, 5) is 10.2. The van der Waals surface area contributed by atoms with E-state index in [1.807, 2.05) is 19.4 Å². The SMILES string of the molecule is C=C=Cc1cc(C(C)(CCCI)CCCI)cc(C=N[C@H]2CCCC[C@@H]2N=Cc2cc(C(C)(CCCI)CCCI)cc(C)c2O)c1O. The van der Waals surface area contributed by atoms with Crippen LogP contribution in [0.3, 0.4) is 0 Å². The lowest BCUT2D eigenvalue weighted by atomic mass is 9.74. The Kier molecular flexibility index (Phi) is 18.8. The molecule has 0 unspecified atom stereocenters. The molecule has 2 atom stereocenters. The normalized spacial score (nSPS) is 17.3. The first-order valence-corrected chi connectivity index (χ1v) is 23.5. The van der Waals surface area contributed by atoms with Gasteiger partial charge in [0, 0.05) is 29.1 Å². The van der Waals surface area contributed by atoms with Crippen molar-refractivity contribution in [2.75, 3.05) is 17.7 Å². The van der Waals surface area contributed by atoms with Crippen LogP contribution in [0.1, 0.15) is 124 Å². The first kappa shape index (κ1) is 42.2. The van der Waals surface area contributed by atoms with Gasteiger partial charge >= 0.3 is 0 Å². The number of aromatic hydroxyl groups is 2. The fraction of sp³-hybridized carbons (Fsp3) is 0.575. The molecule has 1 saturated carbocycles. The van der Waals surface area contributed by atoms with E-state index in [0.717, 1.165) is 104 Å². The van der Waals surface area contributed by atoms with Gasteiger partial charge in [-0.1, -0.05) is 130 Å². The zero-order chi connectivity index (χ0) is 35.2. The topological polar surface area (TPSA) is 65.2 Å². The van der Waals surface area contributed by atoms with Gasteiger partial charge in [-0.15, -0.1) is 5.73 Å². The van der Waals surface area contributed by atoms with Crippen molar-refractivity contribution in [1.29, 1.82) is 0 Å². The van der Waals surface area contributed by atoms with E-state index >= 15 is 0 Å². The molecule has 0 amide bonds. The smallest absolute Gasteiger partial charge is 0.132 e. The van der Waals surface area contributed by atoms with Gasteiger partial charge in [-0.25, -0.2) is 0 Å². The third kappa shape index (κ3) is 11.9. The molecule has 0 radical (unpaired) electrons. The predicted molar refractivity (Wildman–Crippen MR) is 243 cm³/mol. The maximum Gasteiger partial charge on any atom is 0.132 e. The van der Waals surface area contributed by atoms with E-state index in [2.05, 4.69) is 141 Å². The maximum absolute atomic E-state index is 11.3. The summed E-state index contributed by atoms with van der Waals surface area (Å²) >= 11 is 9.90. The second-order valence-electron chi connectivity index (χ2n) is 13.8. The van der Waals surface area contributed by atoms with Crippen LogP contribution in [-0.2, 0) is 10.8 Å². The Labute approximate surface area is 345 Å². The highest BCUT2D eigenvalue weighted by molar-refractivity contribution is 14.1. The number of phenolic OH excluding ortho intramolecular Hbond substituents is 2. The fourth-order valence-electron chi connectivity index (χ4n) is 7.05. The maximum atomic E-state index is 11.3. The third-order valence-corrected chi connectivity index (χ3v) is 13.2. The van der Waals surface area contributed by atoms with Crippen molar-refractivity contribution in [3.05, 3.63) is 70.0 Å². The highest BCUT2D eigenvalue weighted by Gasteiger charge is 2.29. The highest BCUT2D eigenvalue weighted by Crippen LogP contribution is 2.40. The van der Waals surface area contributed by atoms with Gasteiger partial charge < -0.3 is 10.2 Å². The molecule has 1 aliphatic carbocycles. The summed E-state index contributed by atoms with van der Waals surface area (Å²) < 4.78 is 4.56. The Hall–Kier alpha value is -0.180. The molecule has 0 heterocycles. The minimum Gasteiger partial charge on any atom is -0.507 e. The molecule has 2 aromatic carbocycles. The molecule has 3 rings (SSSR count). The van der Waals surface area contributed by atoms with Gasteiger partial charge in [-0.05, 0) is 141 Å². The molecule has 4 nitrogen and oxygen atoms in total. The first-order chi connectivity index (χ1) is 23.0. The Balaban J connectivity index is 1.97. The van der Waals surface area contributed by atoms with Gasteiger partial charge in [0.1, 0.15) is 11.5 Å². The number of aliphatic imine (C=N–C) groups is 2. The lowest BCUT2D eigenvalue weighted by molar-refractivity contribution is 0.389. The van der Waals surface area contributed by atoms with Crippen molar-refractivity contribution in [2.45, 2.75) is 121 Å². The summed E-state index contributed by atoms with van der Waals surface area (Å²) in [5.41, 5.74) is 8.72. The summed E-state index contributed by atoms with van der Waals surface area (Å²) in [5, 5.41) is 22.4. The highest BCUT2D eigenvalue weighted by atomic mass is 127. The second-order valence-corrected chi connectivity index (χ2v) is 18.2. The molecule has 8 heteroatoms. The van der Waals surface area contributed by atoms with Crippen LogP contribution in [0.15, 0.2) is 46.6 Å². The van der Waals surface area contributed by atoms with Crippen LogP contribution < -0.4 is 0 Å². The van der Waals surface area contributed by atoms with Gasteiger partial charge in [-0.2, -0.15) is 0 Å². The third-order valence-electron chi connectivity index (χ3n) is 10.1. The molecule has 264 valence electrons. The Bertz CT molecular complexity index is 1420. The molecule has 1 fully saturated rings. The monoisotopic (exact) mass is 1100 g/mol. The van der Waals surface area contributed by atoms with Crippen molar-refractivity contribution in [3.8, 4) is 11.5 Å². The van der Waals surface area contributed by atoms with Crippen LogP contribution in [-0.4, -0.2) is 52.4 Å². The summed E-state index contributed by atoms with van der Waals surface area (Å²) in [5.74, 6) is 0.547. The molecule has 2 aromatic rings. The van der Waals surface area contributed by atoms with Gasteiger partial charge in [0.25, 0.3) is 0 Å². The number of phenols is 2. The molecule has 0 bridgehead atoms. The Morgan fingerprint density at radius 1 is 0.708 bits per heavy atom. The number of nitrogens with zero attached hydrogens (tertiary/aromatic N) is 2. The van der Waals surface area contributed by atoms with Crippen molar-refractivity contribution < 1.29 is 10.2 Å². The van der Waals surface area contributed by atoms with E-state index in [1.54, 1.807) is 6.08 Å². The number of aryl methyl sites for hydroxylation is 1. The van der Waals surface area contributed by atoms with Gasteiger partial charge in [0.05, 0.1) is 12.1 Å². The first-order valence-electron chi connectivity index (χ1n) is 17.4. The molecule has 1 aliphatic rings. The quantitative estimate of drug-likeness (QED) is 0.0637. The van der Waals surface area contributed by atoms with Gasteiger partial charge in [-0.3, -0.25) is 9.98 Å². The minimum atomic E-state index is 0.0184. The van der Waals surface area contributed by atoms with Crippen molar-refractivity contribution in [1.82, 2.24) is 0 Å². The van der Waals surface area contributed by atoms with Crippen LogP contribution in [0, 0.1) is 6.92 Å². The van der Waals surface area contributed by atoms with Crippen LogP contribution in [0.25, 0.3) is 6.08 Å². The average molecular weight is 1100 g/mol. The Morgan fingerprint density at radius 3 is 1.52 bits per heavy atom. The number of hydrogen-bond donors (Lipinski definition) is 2. The van der Waals surface area contributed by atoms with Crippen molar-refractivity contribution in [2.24, 2.45) is 9.98 Å². The summed E-state index contributed by atoms with van der Waals surface area (Å²) in [6.07, 6.45) is 18.9. The average Bonchev–Trinajstić information content (AvgIpc) is 3.09. The molecule has 48 heavy (non-hydrogen) atoms. The van der Waals surface area contributed by atoms with Crippen LogP contribution in [0.5, 0.6) is 11.5 Å². The number of hydrogen-bond acceptors (Lipinski definition) is 4. The lowest BCUT2D eigenvalue weighted by Crippen LogP contribution is -2.27. The van der Waals surface area contributed by atoms with Crippen LogP contribution >= 0.6 is 90.4 Å². The number of benzene rings is 2. The largest absolute Gasteiger partial charge is 0.507 e. The van der Waals surface area contributed by atoms with E-state index in [0.29, 0.717) is 5.75 Å².